The van der Waals surface area contributed by atoms with Crippen molar-refractivity contribution in [3.05, 3.63) is 0 Å². The van der Waals surface area contributed by atoms with E-state index in [-0.39, 0.29) is 0 Å². The van der Waals surface area contributed by atoms with Gasteiger partial charge in [0, 0.05) is 0 Å². The second-order valence-electron chi connectivity index (χ2n) is 28.8. The smallest absolute Gasteiger partial charge is 0.0179 e. The van der Waals surface area contributed by atoms with Gasteiger partial charge in [0.2, 0.25) is 0 Å². The van der Waals surface area contributed by atoms with Crippen LogP contribution in [0.5, 0.6) is 0 Å². The van der Waals surface area contributed by atoms with E-state index in [2.05, 4.69) is 0 Å². The molecule has 0 bridgehead atoms. The minimum absolute atomic E-state index is 0.749. The second-order valence-corrected chi connectivity index (χ2v) is 28.8. The maximum absolute atomic E-state index is 1.73. The van der Waals surface area contributed by atoms with Gasteiger partial charge in [-0.3, -0.25) is 0 Å². The van der Waals surface area contributed by atoms with Gasteiger partial charge in [0.1, 0.15) is 0 Å². The van der Waals surface area contributed by atoms with Crippen molar-refractivity contribution >= 4 is 0 Å². The maximum atomic E-state index is 1.73. The lowest BCUT2D eigenvalue weighted by Gasteiger charge is -2.58. The average Bonchev–Trinajstić information content (AvgIpc) is 4.06. The summed E-state index contributed by atoms with van der Waals surface area (Å²) in [5, 5.41) is 0. The predicted octanol–water partition coefficient (Wildman–Crippen LogP) is 18.7. The zero-order chi connectivity index (χ0) is 42.2. The highest BCUT2D eigenvalue weighted by molar-refractivity contribution is 5.14. The van der Waals surface area contributed by atoms with E-state index in [0.717, 1.165) is 136 Å². The van der Waals surface area contributed by atoms with E-state index in [9.17, 15) is 0 Å². The minimum atomic E-state index is 0.749. The van der Waals surface area contributed by atoms with Crippen LogP contribution in [0.25, 0.3) is 0 Å². The Morgan fingerprint density at radius 2 is 0.703 bits per heavy atom. The molecular weight excluding hydrogens is 769 g/mol. The Balaban J connectivity index is 0.819. The Bertz CT molecular complexity index is 1480. The molecule has 0 spiro atoms. The molecule has 360 valence electrons. The summed E-state index contributed by atoms with van der Waals surface area (Å²) in [6.07, 6.45) is 66.7. The summed E-state index contributed by atoms with van der Waals surface area (Å²) in [6.45, 7) is 0. The largest absolute Gasteiger partial charge is 0.0533 e. The predicted molar refractivity (Wildman–Crippen MR) is 269 cm³/mol. The van der Waals surface area contributed by atoms with E-state index in [1.165, 1.54) is 6.42 Å². The lowest BCUT2D eigenvalue weighted by molar-refractivity contribution is -0.0932. The summed E-state index contributed by atoms with van der Waals surface area (Å²) >= 11 is 0. The highest BCUT2D eigenvalue weighted by Crippen LogP contribution is 2.73. The van der Waals surface area contributed by atoms with E-state index < -0.39 is 0 Å². The van der Waals surface area contributed by atoms with Crippen LogP contribution in [0.15, 0.2) is 0 Å². The van der Waals surface area contributed by atoms with Gasteiger partial charge in [-0.15, -0.1) is 0 Å². The third-order valence-corrected chi connectivity index (χ3v) is 27.1. The van der Waals surface area contributed by atoms with Crippen molar-refractivity contribution < 1.29 is 0 Å². The lowest BCUT2D eigenvalue weighted by atomic mass is 9.47. The van der Waals surface area contributed by atoms with Crippen LogP contribution in [0, 0.1) is 136 Å². The summed E-state index contributed by atoms with van der Waals surface area (Å²) in [5.74, 6) is 24.6. The Hall–Kier alpha value is 0. The first-order valence-electron chi connectivity index (χ1n) is 31.7. The van der Waals surface area contributed by atoms with Gasteiger partial charge in [-0.1, -0.05) is 135 Å². The topological polar surface area (TPSA) is 0 Å². The molecule has 13 aliphatic rings. The number of hydrogen-bond acceptors (Lipinski definition) is 0. The standard InChI is InChI=1S/C64H104/c1-3-16-42(17-4-1)43-30-32-44(33-31-43)62(49-21-15-24-53(38-49)64(52-22-5-2-6-23-52)60-28-13-11-26-55(60)56-27-12-14-29-61(56)64)50-35-34-48-40-59-54-25-10-9-20-47(54)39-58(63(59)57(48)41-50)51-36-45-18-7-8-19-46(45)37-51/h42-63H,1-41H2. The van der Waals surface area contributed by atoms with E-state index in [1.807, 2.05) is 0 Å². The molecule has 17 unspecified atom stereocenters. The third kappa shape index (κ3) is 7.71. The highest BCUT2D eigenvalue weighted by atomic mass is 14.7. The van der Waals surface area contributed by atoms with E-state index in [4.69, 9.17) is 0 Å². The van der Waals surface area contributed by atoms with Crippen molar-refractivity contribution in [2.45, 2.75) is 263 Å². The van der Waals surface area contributed by atoms with Crippen LogP contribution in [0.2, 0.25) is 0 Å². The molecule has 0 heterocycles. The molecule has 64 heavy (non-hydrogen) atoms. The molecule has 0 aromatic carbocycles. The van der Waals surface area contributed by atoms with Crippen molar-refractivity contribution in [2.75, 3.05) is 0 Å². The van der Waals surface area contributed by atoms with Crippen LogP contribution >= 0.6 is 0 Å². The van der Waals surface area contributed by atoms with Crippen molar-refractivity contribution in [1.29, 1.82) is 0 Å². The molecule has 0 N–H and O–H groups in total. The number of fused-ring (bicyclic) bond motifs is 9. The molecular formula is C64H104. The zero-order valence-corrected chi connectivity index (χ0v) is 42.2. The monoisotopic (exact) mass is 873 g/mol. The normalized spacial score (nSPS) is 53.0. The molecule has 0 heteroatoms. The van der Waals surface area contributed by atoms with Gasteiger partial charge in [0.15, 0.2) is 0 Å². The fraction of sp³-hybridized carbons (Fsp3) is 1.00. The Morgan fingerprint density at radius 3 is 1.41 bits per heavy atom. The lowest BCUT2D eigenvalue weighted by Crippen LogP contribution is -2.51. The van der Waals surface area contributed by atoms with Gasteiger partial charge in [-0.2, -0.15) is 0 Å². The fourth-order valence-electron chi connectivity index (χ4n) is 25.4. The SMILES string of the molecule is C1CCC(C2CCC(C(C3CCC4CC5C6CCCCC6CC(C6CC7CCCCC7C6)C5C4C3)C3CCCC(C4(C5CCCCC5)C5CCCCC5C5CCCCC54)C3)CC2)CC1. The first-order valence-corrected chi connectivity index (χ1v) is 31.7. The molecule has 13 aliphatic carbocycles. The van der Waals surface area contributed by atoms with Crippen LogP contribution in [0.1, 0.15) is 263 Å². The van der Waals surface area contributed by atoms with Crippen molar-refractivity contribution in [2.24, 2.45) is 136 Å². The van der Waals surface area contributed by atoms with Crippen LogP contribution in [0.3, 0.4) is 0 Å². The molecule has 13 fully saturated rings. The quantitative estimate of drug-likeness (QED) is 0.239. The van der Waals surface area contributed by atoms with E-state index >= 15 is 0 Å². The molecule has 0 saturated heterocycles. The molecule has 0 radical (unpaired) electrons. The minimum Gasteiger partial charge on any atom is -0.0533 e. The van der Waals surface area contributed by atoms with Crippen LogP contribution in [-0.4, -0.2) is 0 Å². The summed E-state index contributed by atoms with van der Waals surface area (Å²) in [4.78, 5) is 0. The average molecular weight is 874 g/mol. The van der Waals surface area contributed by atoms with Gasteiger partial charge < -0.3 is 0 Å². The Labute approximate surface area is 397 Å². The number of hydrogen-bond donors (Lipinski definition) is 0. The Morgan fingerprint density at radius 1 is 0.234 bits per heavy atom. The van der Waals surface area contributed by atoms with Gasteiger partial charge in [0.05, 0.1) is 0 Å². The first kappa shape index (κ1) is 44.0. The Kier molecular flexibility index (Phi) is 13.0. The van der Waals surface area contributed by atoms with Gasteiger partial charge >= 0.3 is 0 Å². The maximum Gasteiger partial charge on any atom is -0.0179 e. The van der Waals surface area contributed by atoms with Gasteiger partial charge in [-0.25, -0.2) is 0 Å². The van der Waals surface area contributed by atoms with Crippen molar-refractivity contribution in [3.8, 4) is 0 Å². The molecule has 0 aromatic heterocycles. The third-order valence-electron chi connectivity index (χ3n) is 27.1. The summed E-state index contributed by atoms with van der Waals surface area (Å²) < 4.78 is 0. The molecule has 17 atom stereocenters. The molecule has 13 saturated carbocycles. The fourth-order valence-corrected chi connectivity index (χ4v) is 25.4. The zero-order valence-electron chi connectivity index (χ0n) is 42.2. The summed E-state index contributed by atoms with van der Waals surface area (Å²) in [7, 11) is 0. The molecule has 13 rings (SSSR count). The number of rotatable bonds is 7. The second kappa shape index (κ2) is 19.0. The molecule has 0 amide bonds. The van der Waals surface area contributed by atoms with E-state index in [0.29, 0.717) is 0 Å². The van der Waals surface area contributed by atoms with Crippen LogP contribution in [-0.2, 0) is 0 Å². The van der Waals surface area contributed by atoms with Gasteiger partial charge in [-0.05, 0) is 264 Å². The molecule has 0 aliphatic heterocycles. The van der Waals surface area contributed by atoms with Crippen molar-refractivity contribution in [3.63, 3.8) is 0 Å². The van der Waals surface area contributed by atoms with Crippen LogP contribution < -0.4 is 0 Å². The van der Waals surface area contributed by atoms with E-state index in [1.54, 1.807) is 257 Å². The van der Waals surface area contributed by atoms with Gasteiger partial charge in [0.25, 0.3) is 0 Å². The summed E-state index contributed by atoms with van der Waals surface area (Å²) in [6, 6.07) is 0. The summed E-state index contributed by atoms with van der Waals surface area (Å²) in [5.41, 5.74) is 0.749. The highest BCUT2D eigenvalue weighted by Gasteiger charge is 2.66. The first-order chi connectivity index (χ1) is 31.7. The molecule has 0 nitrogen and oxygen atoms in total. The van der Waals surface area contributed by atoms with Crippen LogP contribution in [0.4, 0.5) is 0 Å². The molecule has 0 aromatic rings. The van der Waals surface area contributed by atoms with Crippen molar-refractivity contribution in [1.82, 2.24) is 0 Å².